The SMILES string of the molecule is COc1ccc(COC(c2ccc(C)o2)C(C)N)cc1. The fraction of sp³-hybridized carbons (Fsp3) is 0.375. The van der Waals surface area contributed by atoms with E-state index in [2.05, 4.69) is 0 Å². The number of rotatable bonds is 6. The predicted molar refractivity (Wildman–Crippen MR) is 77.6 cm³/mol. The molecule has 20 heavy (non-hydrogen) atoms. The van der Waals surface area contributed by atoms with Crippen LogP contribution in [0.1, 0.15) is 30.1 Å². The highest BCUT2D eigenvalue weighted by molar-refractivity contribution is 5.26. The summed E-state index contributed by atoms with van der Waals surface area (Å²) in [5.74, 6) is 2.46. The van der Waals surface area contributed by atoms with Gasteiger partial charge < -0.3 is 19.6 Å². The van der Waals surface area contributed by atoms with Gasteiger partial charge in [-0.3, -0.25) is 0 Å². The van der Waals surface area contributed by atoms with Crippen molar-refractivity contribution < 1.29 is 13.9 Å². The minimum atomic E-state index is -0.245. The van der Waals surface area contributed by atoms with Crippen LogP contribution >= 0.6 is 0 Å². The number of nitrogens with two attached hydrogens (primary N) is 1. The van der Waals surface area contributed by atoms with Gasteiger partial charge in [-0.2, -0.15) is 0 Å². The maximum Gasteiger partial charge on any atom is 0.134 e. The molecule has 1 aromatic heterocycles. The second-order valence-electron chi connectivity index (χ2n) is 4.89. The number of furan rings is 1. The Labute approximate surface area is 119 Å². The molecule has 0 spiro atoms. The molecule has 1 heterocycles. The van der Waals surface area contributed by atoms with Crippen molar-refractivity contribution in [2.75, 3.05) is 7.11 Å². The molecule has 2 N–H and O–H groups in total. The van der Waals surface area contributed by atoms with Crippen molar-refractivity contribution in [2.45, 2.75) is 32.6 Å². The number of methoxy groups -OCH3 is 1. The predicted octanol–water partition coefficient (Wildman–Crippen LogP) is 3.20. The molecule has 4 nitrogen and oxygen atoms in total. The van der Waals surface area contributed by atoms with Crippen LogP contribution in [-0.2, 0) is 11.3 Å². The Balaban J connectivity index is 2.01. The van der Waals surface area contributed by atoms with E-state index < -0.39 is 0 Å². The summed E-state index contributed by atoms with van der Waals surface area (Å²) in [7, 11) is 1.65. The second kappa shape index (κ2) is 6.59. The highest BCUT2D eigenvalue weighted by Crippen LogP contribution is 2.24. The third-order valence-electron chi connectivity index (χ3n) is 3.11. The van der Waals surface area contributed by atoms with Gasteiger partial charge in [0, 0.05) is 6.04 Å². The molecule has 0 bridgehead atoms. The van der Waals surface area contributed by atoms with Gasteiger partial charge in [0.1, 0.15) is 23.4 Å². The van der Waals surface area contributed by atoms with E-state index in [0.29, 0.717) is 6.61 Å². The molecule has 2 unspecified atom stereocenters. The number of ether oxygens (including phenoxy) is 2. The van der Waals surface area contributed by atoms with Crippen LogP contribution in [0.3, 0.4) is 0 Å². The summed E-state index contributed by atoms with van der Waals surface area (Å²) in [5, 5.41) is 0. The van der Waals surface area contributed by atoms with Crippen molar-refractivity contribution in [3.05, 3.63) is 53.5 Å². The first-order chi connectivity index (χ1) is 9.60. The largest absolute Gasteiger partial charge is 0.497 e. The quantitative estimate of drug-likeness (QED) is 0.879. The Bertz CT molecular complexity index is 531. The summed E-state index contributed by atoms with van der Waals surface area (Å²) in [6.45, 7) is 4.30. The molecule has 108 valence electrons. The Morgan fingerprint density at radius 2 is 1.85 bits per heavy atom. The Kier molecular flexibility index (Phi) is 4.82. The first-order valence-electron chi connectivity index (χ1n) is 6.66. The molecule has 2 rings (SSSR count). The van der Waals surface area contributed by atoms with E-state index in [1.807, 2.05) is 50.2 Å². The Hall–Kier alpha value is -1.78. The van der Waals surface area contributed by atoms with Gasteiger partial charge in [0.2, 0.25) is 0 Å². The maximum absolute atomic E-state index is 5.98. The molecule has 1 aromatic carbocycles. The molecule has 0 radical (unpaired) electrons. The fourth-order valence-electron chi connectivity index (χ4n) is 2.01. The summed E-state index contributed by atoms with van der Waals surface area (Å²) in [6, 6.07) is 11.5. The first-order valence-corrected chi connectivity index (χ1v) is 6.66. The van der Waals surface area contributed by atoms with Gasteiger partial charge in [0.05, 0.1) is 13.7 Å². The molecule has 0 amide bonds. The van der Waals surface area contributed by atoms with E-state index in [1.165, 1.54) is 0 Å². The molecule has 0 saturated heterocycles. The van der Waals surface area contributed by atoms with Crippen molar-refractivity contribution in [3.8, 4) is 5.75 Å². The summed E-state index contributed by atoms with van der Waals surface area (Å²) in [4.78, 5) is 0. The molecule has 0 saturated carbocycles. The summed E-state index contributed by atoms with van der Waals surface area (Å²) in [5.41, 5.74) is 7.05. The Morgan fingerprint density at radius 1 is 1.15 bits per heavy atom. The fourth-order valence-corrected chi connectivity index (χ4v) is 2.01. The lowest BCUT2D eigenvalue weighted by atomic mass is 10.1. The normalized spacial score (nSPS) is 14.0. The van der Waals surface area contributed by atoms with Crippen molar-refractivity contribution in [2.24, 2.45) is 5.73 Å². The lowest BCUT2D eigenvalue weighted by molar-refractivity contribution is 0.0115. The second-order valence-corrected chi connectivity index (χ2v) is 4.89. The molecule has 2 aromatic rings. The van der Waals surface area contributed by atoms with Crippen LogP contribution in [0.4, 0.5) is 0 Å². The monoisotopic (exact) mass is 275 g/mol. The van der Waals surface area contributed by atoms with E-state index in [0.717, 1.165) is 22.8 Å². The highest BCUT2D eigenvalue weighted by Gasteiger charge is 2.20. The minimum absolute atomic E-state index is 0.140. The van der Waals surface area contributed by atoms with Crippen LogP contribution < -0.4 is 10.5 Å². The van der Waals surface area contributed by atoms with Crippen molar-refractivity contribution in [3.63, 3.8) is 0 Å². The Morgan fingerprint density at radius 3 is 2.35 bits per heavy atom. The van der Waals surface area contributed by atoms with Gasteiger partial charge in [-0.1, -0.05) is 12.1 Å². The van der Waals surface area contributed by atoms with Crippen LogP contribution in [0.25, 0.3) is 0 Å². The number of aryl methyl sites for hydroxylation is 1. The number of benzene rings is 1. The average Bonchev–Trinajstić information content (AvgIpc) is 2.86. The minimum Gasteiger partial charge on any atom is -0.497 e. The van der Waals surface area contributed by atoms with Crippen LogP contribution in [-0.4, -0.2) is 13.2 Å². The number of hydrogen-bond acceptors (Lipinski definition) is 4. The van der Waals surface area contributed by atoms with Crippen LogP contribution in [0, 0.1) is 6.92 Å². The van der Waals surface area contributed by atoms with E-state index in [-0.39, 0.29) is 12.1 Å². The van der Waals surface area contributed by atoms with E-state index in [4.69, 9.17) is 19.6 Å². The van der Waals surface area contributed by atoms with Gasteiger partial charge in [-0.25, -0.2) is 0 Å². The molecule has 4 heteroatoms. The lowest BCUT2D eigenvalue weighted by Crippen LogP contribution is -2.26. The molecular weight excluding hydrogens is 254 g/mol. The third-order valence-corrected chi connectivity index (χ3v) is 3.11. The standard InChI is InChI=1S/C16H21NO3/c1-11-4-9-15(20-11)16(12(2)17)19-10-13-5-7-14(18-3)8-6-13/h4-9,12,16H,10,17H2,1-3H3. The van der Waals surface area contributed by atoms with E-state index in [1.54, 1.807) is 7.11 Å². The summed E-state index contributed by atoms with van der Waals surface area (Å²) >= 11 is 0. The van der Waals surface area contributed by atoms with E-state index in [9.17, 15) is 0 Å². The van der Waals surface area contributed by atoms with Gasteiger partial charge in [0.15, 0.2) is 0 Å². The van der Waals surface area contributed by atoms with Crippen LogP contribution in [0.5, 0.6) is 5.75 Å². The van der Waals surface area contributed by atoms with Crippen LogP contribution in [0.2, 0.25) is 0 Å². The van der Waals surface area contributed by atoms with Gasteiger partial charge in [-0.15, -0.1) is 0 Å². The zero-order valence-electron chi connectivity index (χ0n) is 12.1. The smallest absolute Gasteiger partial charge is 0.134 e. The zero-order valence-corrected chi connectivity index (χ0v) is 12.1. The van der Waals surface area contributed by atoms with Crippen LogP contribution in [0.15, 0.2) is 40.8 Å². The molecular formula is C16H21NO3. The van der Waals surface area contributed by atoms with Crippen molar-refractivity contribution in [1.29, 1.82) is 0 Å². The number of hydrogen-bond donors (Lipinski definition) is 1. The highest BCUT2D eigenvalue weighted by atomic mass is 16.5. The topological polar surface area (TPSA) is 57.6 Å². The maximum atomic E-state index is 5.98. The molecule has 0 aliphatic heterocycles. The lowest BCUT2D eigenvalue weighted by Gasteiger charge is -2.19. The van der Waals surface area contributed by atoms with Gasteiger partial charge in [-0.05, 0) is 43.7 Å². The van der Waals surface area contributed by atoms with E-state index >= 15 is 0 Å². The van der Waals surface area contributed by atoms with Gasteiger partial charge in [0.25, 0.3) is 0 Å². The van der Waals surface area contributed by atoms with Crippen molar-refractivity contribution in [1.82, 2.24) is 0 Å². The van der Waals surface area contributed by atoms with Gasteiger partial charge >= 0.3 is 0 Å². The molecule has 0 aliphatic carbocycles. The average molecular weight is 275 g/mol. The zero-order chi connectivity index (χ0) is 14.5. The van der Waals surface area contributed by atoms with Crippen molar-refractivity contribution >= 4 is 0 Å². The summed E-state index contributed by atoms with van der Waals surface area (Å²) < 4.78 is 16.6. The molecule has 2 atom stereocenters. The summed E-state index contributed by atoms with van der Waals surface area (Å²) in [6.07, 6.45) is -0.245. The molecule has 0 aliphatic rings. The first kappa shape index (κ1) is 14.6. The molecule has 0 fully saturated rings. The third kappa shape index (κ3) is 3.62.